The number of anilines is 2. The third-order valence-corrected chi connectivity index (χ3v) is 24.0. The molecule has 0 saturated carbocycles. The van der Waals surface area contributed by atoms with E-state index in [9.17, 15) is 0 Å². The maximum absolute atomic E-state index is 8.49. The molecule has 0 N–H and O–H groups in total. The fraction of sp³-hybridized carbons (Fsp3) is 0.160. The molecule has 0 amide bonds. The minimum atomic E-state index is -4.94. The molecule has 0 aliphatic carbocycles. The van der Waals surface area contributed by atoms with E-state index in [0.717, 1.165) is 48.6 Å². The van der Waals surface area contributed by atoms with Gasteiger partial charge in [-0.25, -0.2) is 37.3 Å². The van der Waals surface area contributed by atoms with Crippen LogP contribution in [-0.4, -0.2) is 34.7 Å². The molecular weight excluding hydrogens is 1530 g/mol. The van der Waals surface area contributed by atoms with Crippen molar-refractivity contribution < 1.29 is 66.9 Å². The zero-order valence-corrected chi connectivity index (χ0v) is 67.7. The highest BCUT2D eigenvalue weighted by Crippen LogP contribution is 2.55. The summed E-state index contributed by atoms with van der Waals surface area (Å²) < 4.78 is 73.2. The maximum Gasteiger partial charge on any atom is 0.210 e. The zero-order valence-electron chi connectivity index (χ0n) is 64.7. The zero-order chi connectivity index (χ0) is 81.0. The van der Waals surface area contributed by atoms with Gasteiger partial charge in [-0.05, 0) is 179 Å². The summed E-state index contributed by atoms with van der Waals surface area (Å²) in [5.41, 5.74) is 23.5. The molecule has 16 heteroatoms. The predicted octanol–water partition coefficient (Wildman–Crippen LogP) is 14.0. The lowest BCUT2D eigenvalue weighted by Gasteiger charge is -2.33. The molecule has 17 rings (SSSR count). The summed E-state index contributed by atoms with van der Waals surface area (Å²) in [4.78, 5) is 4.84. The van der Waals surface area contributed by atoms with Crippen LogP contribution in [0.4, 0.5) is 22.7 Å². The van der Waals surface area contributed by atoms with Gasteiger partial charge in [-0.2, -0.15) is 9.15 Å². The quantitative estimate of drug-likeness (QED) is 0.0662. The second kappa shape index (κ2) is 33.8. The van der Waals surface area contributed by atoms with E-state index in [0.29, 0.717) is 13.1 Å². The molecule has 0 fully saturated rings. The molecule has 116 heavy (non-hydrogen) atoms. The number of likely N-dealkylation sites (N-methyl/N-ethyl adjacent to an activating group) is 2. The van der Waals surface area contributed by atoms with Crippen LogP contribution in [0.1, 0.15) is 80.6 Å². The van der Waals surface area contributed by atoms with Crippen LogP contribution in [-0.2, 0) is 73.3 Å². The molecular formula is C100H86Cl4N4O8. The molecule has 0 radical (unpaired) electrons. The lowest BCUT2D eigenvalue weighted by atomic mass is 9.70. The number of halogens is 4. The number of benzene rings is 13. The van der Waals surface area contributed by atoms with Crippen LogP contribution in [0.15, 0.2) is 363 Å². The molecule has 0 saturated heterocycles. The van der Waals surface area contributed by atoms with Gasteiger partial charge < -0.3 is 9.80 Å². The fourth-order valence-electron chi connectivity index (χ4n) is 18.8. The van der Waals surface area contributed by atoms with E-state index < -0.39 is 42.1 Å². The van der Waals surface area contributed by atoms with Gasteiger partial charge in [0.15, 0.2) is 24.5 Å². The van der Waals surface area contributed by atoms with E-state index in [4.69, 9.17) is 60.5 Å². The van der Waals surface area contributed by atoms with Crippen molar-refractivity contribution in [2.45, 2.75) is 87.1 Å². The lowest BCUT2D eigenvalue weighted by molar-refractivity contribution is -2.00. The number of hydrogen-bond donors (Lipinski definition) is 0. The molecule has 4 aliphatic rings. The Morgan fingerprint density at radius 1 is 0.328 bits per heavy atom. The molecule has 13 aromatic rings. The van der Waals surface area contributed by atoms with E-state index in [1.807, 2.05) is 12.1 Å². The van der Waals surface area contributed by atoms with Crippen LogP contribution in [0.3, 0.4) is 0 Å². The Kier molecular flexibility index (Phi) is 23.4. The van der Waals surface area contributed by atoms with Gasteiger partial charge in [-0.1, -0.05) is 290 Å². The number of hydrogen-bond acceptors (Lipinski definition) is 10. The van der Waals surface area contributed by atoms with Gasteiger partial charge in [0.1, 0.15) is 0 Å². The summed E-state index contributed by atoms with van der Waals surface area (Å²) in [6, 6.07) is 116. The number of rotatable bonds is 20. The van der Waals surface area contributed by atoms with Crippen molar-refractivity contribution in [2.24, 2.45) is 0 Å². The molecule has 2 unspecified atom stereocenters. The van der Waals surface area contributed by atoms with Gasteiger partial charge in [-0.3, -0.25) is 0 Å². The van der Waals surface area contributed by atoms with Crippen LogP contribution in [0.2, 0.25) is 10.0 Å². The maximum atomic E-state index is 8.49. The fourth-order valence-corrected chi connectivity index (χ4v) is 19.1. The molecule has 12 nitrogen and oxygen atoms in total. The van der Waals surface area contributed by atoms with Gasteiger partial charge >= 0.3 is 0 Å². The smallest absolute Gasteiger partial charge is 0.210 e. The number of allylic oxidation sites excluding steroid dienone is 8. The number of fused-ring (bicyclic) bond motifs is 8. The first kappa shape index (κ1) is 80.3. The van der Waals surface area contributed by atoms with E-state index in [1.54, 1.807) is 0 Å². The topological polar surface area (TPSA) is 197 Å². The van der Waals surface area contributed by atoms with Crippen molar-refractivity contribution in [2.75, 3.05) is 23.9 Å². The van der Waals surface area contributed by atoms with Gasteiger partial charge in [0.05, 0.1) is 10.8 Å². The molecule has 13 aromatic carbocycles. The largest absolute Gasteiger partial charge is 0.347 e. The summed E-state index contributed by atoms with van der Waals surface area (Å²) in [6.45, 7) is 6.32. The van der Waals surface area contributed by atoms with Crippen molar-refractivity contribution in [1.82, 2.24) is 0 Å². The summed E-state index contributed by atoms with van der Waals surface area (Å²) >= 11 is 14.1. The normalized spacial score (nSPS) is 17.9. The van der Waals surface area contributed by atoms with E-state index in [-0.39, 0.29) is 0 Å². The van der Waals surface area contributed by atoms with Crippen LogP contribution in [0.5, 0.6) is 0 Å². The molecule has 2 atom stereocenters. The Bertz CT molecular complexity index is 5480. The highest BCUT2D eigenvalue weighted by Gasteiger charge is 2.53. The Hall–Kier alpha value is -10.9. The summed E-state index contributed by atoms with van der Waals surface area (Å²) in [5, 5.41) is 6.55. The summed E-state index contributed by atoms with van der Waals surface area (Å²) in [6.07, 6.45) is 19.3. The molecule has 582 valence electrons. The molecule has 0 spiro atoms. The minimum Gasteiger partial charge on any atom is -0.347 e. The van der Waals surface area contributed by atoms with Crippen LogP contribution in [0.25, 0.3) is 21.5 Å². The van der Waals surface area contributed by atoms with Crippen molar-refractivity contribution in [3.05, 3.63) is 440 Å². The Morgan fingerprint density at radius 2 is 0.603 bits per heavy atom. The van der Waals surface area contributed by atoms with Gasteiger partial charge in [0.25, 0.3) is 0 Å². The van der Waals surface area contributed by atoms with Crippen LogP contribution in [0, 0.1) is 20.5 Å². The average molecular weight is 1610 g/mol. The van der Waals surface area contributed by atoms with Crippen LogP contribution < -0.4 is 47.1 Å². The summed E-state index contributed by atoms with van der Waals surface area (Å²) in [5.74, 6) is 0. The molecule has 4 aliphatic heterocycles. The Balaban J connectivity index is 0.000000997. The van der Waals surface area contributed by atoms with Crippen molar-refractivity contribution in [3.63, 3.8) is 0 Å². The van der Waals surface area contributed by atoms with Crippen LogP contribution >= 0.6 is 23.2 Å². The first-order chi connectivity index (χ1) is 55.9. The van der Waals surface area contributed by atoms with Gasteiger partial charge in [-0.15, -0.1) is 20.5 Å². The third-order valence-electron chi connectivity index (χ3n) is 23.5. The summed E-state index contributed by atoms with van der Waals surface area (Å²) in [7, 11) is -5.41. The van der Waals surface area contributed by atoms with Crippen molar-refractivity contribution in [1.29, 1.82) is 0 Å². The van der Waals surface area contributed by atoms with Gasteiger partial charge in [0.2, 0.25) is 11.4 Å². The van der Waals surface area contributed by atoms with Gasteiger partial charge in [0, 0.05) is 104 Å². The van der Waals surface area contributed by atoms with E-state index >= 15 is 0 Å². The highest BCUT2D eigenvalue weighted by atomic mass is 35.7. The first-order valence-corrected chi connectivity index (χ1v) is 41.8. The highest BCUT2D eigenvalue weighted by molar-refractivity contribution is 6.31. The second-order valence-electron chi connectivity index (χ2n) is 30.9. The third kappa shape index (κ3) is 17.1. The lowest BCUT2D eigenvalue weighted by Crippen LogP contribution is -2.68. The SMILES string of the molecule is CN1/C(=C/C=C/C2=[N+](Cc3ccc(C[N+]4=C(/C=C/C=C5/N(C)c6ccc(Cl)cc6C5(Cc5ccccc5)Cc5ccccc5)C(C)(Cc5ccccc5)c5c4ccc4ccccc54)cc3)c3ccc4ccccc4c3C2(C)Cc2ccccc2)C(Cc2ccccc2)(Cc2ccccc2)c2cc(Cl)ccc21.[O-][Cl+3]([O-])([O-])[O-].[O-][Cl+3]([O-])([O-])[O-]. The first-order valence-electron chi connectivity index (χ1n) is 38.6. The molecule has 4 heterocycles. The average Bonchev–Trinajstić information content (AvgIpc) is 1.57. The molecule has 0 bridgehead atoms. The van der Waals surface area contributed by atoms with E-state index in [2.05, 4.69) is 387 Å². The van der Waals surface area contributed by atoms with Crippen molar-refractivity contribution >= 4 is 78.9 Å². The predicted molar refractivity (Wildman–Crippen MR) is 445 cm³/mol. The monoisotopic (exact) mass is 1610 g/mol. The second-order valence-corrected chi connectivity index (χ2v) is 33.3. The van der Waals surface area contributed by atoms with Crippen molar-refractivity contribution in [3.8, 4) is 0 Å². The number of nitrogens with zero attached hydrogens (tertiary/aromatic N) is 4. The van der Waals surface area contributed by atoms with E-state index in [1.165, 1.54) is 134 Å². The minimum absolute atomic E-state index is 0.429. The standard InChI is InChI=1S/C100H86Cl2N4.2ClHO4/c1-97(63-71-29-11-5-12-30-71)91(45-27-47-93-99(65-73-33-15-7-16-34-73,66-74-35-17-8-18-36-74)85-61-81(101)55-59-87(85)103(93)3)105(89-57-53-79-41-23-25-43-83(79)95(89)97)69-77-49-51-78(52-50-77)70-106-90-58-54-80-42-24-26-44-84(80)96(90)98(2,64-72-31-13-6-14-32-72)92(106)46-28-48-94-100(67-75-37-19-9-20-38-75,68-76-39-21-10-22-40-76)86-62-82(102)56-60-88(86)104(94)4;2*2-1(3,4)5/h5-62H,63-70H2,1-4H3;2*(H,2,3,4,5)/q+2;;/p-2. The Morgan fingerprint density at radius 3 is 0.905 bits per heavy atom. The molecule has 0 aromatic heterocycles. The Labute approximate surface area is 692 Å².